The molecule has 0 bridgehead atoms. The summed E-state index contributed by atoms with van der Waals surface area (Å²) in [5.41, 5.74) is 1.43. The fraction of sp³-hybridized carbons (Fsp3) is 0.647. The van der Waals surface area contributed by atoms with Gasteiger partial charge in [-0.1, -0.05) is 37.3 Å². The van der Waals surface area contributed by atoms with Crippen molar-refractivity contribution in [2.45, 2.75) is 38.8 Å². The molecule has 1 fully saturated rings. The van der Waals surface area contributed by atoms with Crippen LogP contribution in [0.2, 0.25) is 0 Å². The lowest BCUT2D eigenvalue weighted by atomic mass is 10.00. The van der Waals surface area contributed by atoms with Crippen molar-refractivity contribution in [2.24, 2.45) is 0 Å². The molecule has 1 aromatic carbocycles. The second kappa shape index (κ2) is 8.40. The van der Waals surface area contributed by atoms with Crippen molar-refractivity contribution in [2.75, 3.05) is 32.8 Å². The van der Waals surface area contributed by atoms with E-state index in [4.69, 9.17) is 4.74 Å². The Labute approximate surface area is 123 Å². The number of rotatable bonds is 7. The highest BCUT2D eigenvalue weighted by Gasteiger charge is 2.26. The molecule has 0 saturated carbocycles. The van der Waals surface area contributed by atoms with E-state index >= 15 is 0 Å². The van der Waals surface area contributed by atoms with Gasteiger partial charge in [0.25, 0.3) is 0 Å². The first-order chi connectivity index (χ1) is 9.83. The van der Waals surface area contributed by atoms with E-state index in [1.54, 1.807) is 0 Å². The lowest BCUT2D eigenvalue weighted by Crippen LogP contribution is -2.57. The monoisotopic (exact) mass is 276 g/mol. The van der Waals surface area contributed by atoms with Crippen molar-refractivity contribution in [3.05, 3.63) is 35.9 Å². The molecule has 3 nitrogen and oxygen atoms in total. The van der Waals surface area contributed by atoms with Crippen LogP contribution in [0, 0.1) is 0 Å². The Hall–Kier alpha value is -0.900. The molecular formula is C17H28N2O. The predicted molar refractivity (Wildman–Crippen MR) is 84.1 cm³/mol. The minimum atomic E-state index is 0.584. The van der Waals surface area contributed by atoms with Gasteiger partial charge in [-0.15, -0.1) is 0 Å². The van der Waals surface area contributed by atoms with Gasteiger partial charge < -0.3 is 10.1 Å². The normalized spacial score (nSPS) is 23.9. The Morgan fingerprint density at radius 1 is 1.25 bits per heavy atom. The first-order valence-electron chi connectivity index (χ1n) is 7.92. The highest BCUT2D eigenvalue weighted by molar-refractivity contribution is 5.16. The number of piperazine rings is 1. The molecule has 112 valence electrons. The first-order valence-corrected chi connectivity index (χ1v) is 7.92. The number of nitrogens with one attached hydrogen (secondary N) is 1. The first kappa shape index (κ1) is 15.5. The van der Waals surface area contributed by atoms with Gasteiger partial charge >= 0.3 is 0 Å². The summed E-state index contributed by atoms with van der Waals surface area (Å²) in [6.07, 6.45) is 2.32. The summed E-state index contributed by atoms with van der Waals surface area (Å²) in [5.74, 6) is 0. The molecule has 0 spiro atoms. The van der Waals surface area contributed by atoms with Crippen LogP contribution in [-0.2, 0) is 11.2 Å². The quantitative estimate of drug-likeness (QED) is 0.774. The Bertz CT molecular complexity index is 369. The van der Waals surface area contributed by atoms with Crippen LogP contribution >= 0.6 is 0 Å². The molecule has 1 heterocycles. The van der Waals surface area contributed by atoms with Gasteiger partial charge in [0.15, 0.2) is 0 Å². The molecule has 1 saturated heterocycles. The molecule has 0 aliphatic carbocycles. The van der Waals surface area contributed by atoms with E-state index in [-0.39, 0.29) is 0 Å². The highest BCUT2D eigenvalue weighted by Crippen LogP contribution is 2.14. The van der Waals surface area contributed by atoms with E-state index in [9.17, 15) is 0 Å². The van der Waals surface area contributed by atoms with Crippen LogP contribution in [0.15, 0.2) is 30.3 Å². The molecule has 20 heavy (non-hydrogen) atoms. The van der Waals surface area contributed by atoms with Crippen molar-refractivity contribution >= 4 is 0 Å². The summed E-state index contributed by atoms with van der Waals surface area (Å²) in [4.78, 5) is 2.60. The van der Waals surface area contributed by atoms with Crippen LogP contribution in [0.3, 0.4) is 0 Å². The van der Waals surface area contributed by atoms with E-state index < -0.39 is 0 Å². The Balaban J connectivity index is 1.93. The molecule has 2 atom stereocenters. The van der Waals surface area contributed by atoms with Gasteiger partial charge in [-0.05, 0) is 25.3 Å². The summed E-state index contributed by atoms with van der Waals surface area (Å²) < 4.78 is 5.54. The lowest BCUT2D eigenvalue weighted by Gasteiger charge is -2.40. The van der Waals surface area contributed by atoms with Gasteiger partial charge in [-0.25, -0.2) is 0 Å². The van der Waals surface area contributed by atoms with E-state index in [2.05, 4.69) is 54.4 Å². The Morgan fingerprint density at radius 2 is 2.05 bits per heavy atom. The van der Waals surface area contributed by atoms with Crippen LogP contribution < -0.4 is 5.32 Å². The molecule has 1 aliphatic rings. The lowest BCUT2D eigenvalue weighted by molar-refractivity contribution is 0.0696. The molecule has 0 aromatic heterocycles. The molecular weight excluding hydrogens is 248 g/mol. The molecule has 0 amide bonds. The Morgan fingerprint density at radius 3 is 2.75 bits per heavy atom. The zero-order valence-corrected chi connectivity index (χ0v) is 12.8. The largest absolute Gasteiger partial charge is 0.380 e. The predicted octanol–water partition coefficient (Wildman–Crippen LogP) is 2.32. The maximum atomic E-state index is 5.54. The number of benzene rings is 1. The fourth-order valence-corrected chi connectivity index (χ4v) is 2.89. The summed E-state index contributed by atoms with van der Waals surface area (Å²) in [7, 11) is 0. The van der Waals surface area contributed by atoms with Crippen LogP contribution in [0.25, 0.3) is 0 Å². The number of hydrogen-bond acceptors (Lipinski definition) is 3. The smallest absolute Gasteiger partial charge is 0.0593 e. The van der Waals surface area contributed by atoms with Gasteiger partial charge in [-0.2, -0.15) is 0 Å². The molecule has 1 N–H and O–H groups in total. The van der Waals surface area contributed by atoms with Crippen LogP contribution in [0.5, 0.6) is 0 Å². The second-order valence-corrected chi connectivity index (χ2v) is 5.55. The van der Waals surface area contributed by atoms with Gasteiger partial charge in [-0.3, -0.25) is 4.90 Å². The Kier molecular flexibility index (Phi) is 6.51. The summed E-state index contributed by atoms with van der Waals surface area (Å²) in [6.45, 7) is 9.25. The van der Waals surface area contributed by atoms with E-state index in [1.807, 2.05) is 0 Å². The maximum Gasteiger partial charge on any atom is 0.0593 e. The third-order valence-electron chi connectivity index (χ3n) is 4.15. The standard InChI is InChI=1S/C17H28N2O/c1-3-16-14-19(10-11-20-4-2)17(13-18-16)12-15-8-6-5-7-9-15/h5-9,16-18H,3-4,10-14H2,1-2H3. The zero-order valence-electron chi connectivity index (χ0n) is 12.8. The topological polar surface area (TPSA) is 24.5 Å². The fourth-order valence-electron chi connectivity index (χ4n) is 2.89. The van der Waals surface area contributed by atoms with Crippen molar-refractivity contribution in [3.8, 4) is 0 Å². The molecule has 3 heteroatoms. The van der Waals surface area contributed by atoms with E-state index in [0.29, 0.717) is 12.1 Å². The number of nitrogens with zero attached hydrogens (tertiary/aromatic N) is 1. The average molecular weight is 276 g/mol. The number of ether oxygens (including phenoxy) is 1. The SMILES string of the molecule is CCOCCN1CC(CC)NCC1Cc1ccccc1. The van der Waals surface area contributed by atoms with E-state index in [0.717, 1.165) is 39.3 Å². The van der Waals surface area contributed by atoms with Gasteiger partial charge in [0.05, 0.1) is 6.61 Å². The summed E-state index contributed by atoms with van der Waals surface area (Å²) in [5, 5.41) is 3.68. The van der Waals surface area contributed by atoms with Crippen molar-refractivity contribution in [1.29, 1.82) is 0 Å². The molecule has 2 unspecified atom stereocenters. The van der Waals surface area contributed by atoms with Crippen LogP contribution in [0.4, 0.5) is 0 Å². The zero-order chi connectivity index (χ0) is 14.2. The van der Waals surface area contributed by atoms with Crippen molar-refractivity contribution in [1.82, 2.24) is 10.2 Å². The third kappa shape index (κ3) is 4.58. The van der Waals surface area contributed by atoms with Crippen molar-refractivity contribution < 1.29 is 4.74 Å². The minimum absolute atomic E-state index is 0.584. The molecule has 2 rings (SSSR count). The third-order valence-corrected chi connectivity index (χ3v) is 4.15. The summed E-state index contributed by atoms with van der Waals surface area (Å²) >= 11 is 0. The van der Waals surface area contributed by atoms with Crippen LogP contribution in [0.1, 0.15) is 25.8 Å². The highest BCUT2D eigenvalue weighted by atomic mass is 16.5. The van der Waals surface area contributed by atoms with Gasteiger partial charge in [0.2, 0.25) is 0 Å². The second-order valence-electron chi connectivity index (χ2n) is 5.55. The van der Waals surface area contributed by atoms with E-state index in [1.165, 1.54) is 12.0 Å². The molecule has 1 aliphatic heterocycles. The van der Waals surface area contributed by atoms with Gasteiger partial charge in [0.1, 0.15) is 0 Å². The van der Waals surface area contributed by atoms with Crippen molar-refractivity contribution in [3.63, 3.8) is 0 Å². The van der Waals surface area contributed by atoms with Gasteiger partial charge in [0, 0.05) is 38.3 Å². The number of hydrogen-bond donors (Lipinski definition) is 1. The molecule has 0 radical (unpaired) electrons. The molecule has 1 aromatic rings. The maximum absolute atomic E-state index is 5.54. The van der Waals surface area contributed by atoms with Crippen LogP contribution in [-0.4, -0.2) is 49.8 Å². The summed E-state index contributed by atoms with van der Waals surface area (Å²) in [6, 6.07) is 12.0. The average Bonchev–Trinajstić information content (AvgIpc) is 2.50. The minimum Gasteiger partial charge on any atom is -0.380 e.